The van der Waals surface area contributed by atoms with Crippen LogP contribution in [-0.2, 0) is 6.54 Å². The fraction of sp³-hybridized carbons (Fsp3) is 0.556. The van der Waals surface area contributed by atoms with Gasteiger partial charge in [-0.05, 0) is 13.8 Å². The SMILES string of the molecule is Cc1nn(CC(C(N)=NO)C(F)(F)F)c(C)c1Cl. The molecule has 1 rings (SSSR count). The van der Waals surface area contributed by atoms with Crippen molar-refractivity contribution in [3.63, 3.8) is 0 Å². The van der Waals surface area contributed by atoms with Crippen molar-refractivity contribution in [3.05, 3.63) is 16.4 Å². The summed E-state index contributed by atoms with van der Waals surface area (Å²) in [5, 5.41) is 15.0. The molecule has 102 valence electrons. The first-order chi connectivity index (χ1) is 8.18. The maximum absolute atomic E-state index is 12.7. The topological polar surface area (TPSA) is 76.4 Å². The predicted molar refractivity (Wildman–Crippen MR) is 59.7 cm³/mol. The van der Waals surface area contributed by atoms with Gasteiger partial charge in [-0.3, -0.25) is 4.68 Å². The van der Waals surface area contributed by atoms with Crippen molar-refractivity contribution in [2.45, 2.75) is 26.6 Å². The van der Waals surface area contributed by atoms with Crippen LogP contribution >= 0.6 is 11.6 Å². The molecule has 0 saturated carbocycles. The molecule has 18 heavy (non-hydrogen) atoms. The zero-order valence-electron chi connectivity index (χ0n) is 9.66. The summed E-state index contributed by atoms with van der Waals surface area (Å²) >= 11 is 5.83. The number of aryl methyl sites for hydroxylation is 1. The molecule has 0 amide bonds. The summed E-state index contributed by atoms with van der Waals surface area (Å²) in [4.78, 5) is 0. The van der Waals surface area contributed by atoms with Crippen molar-refractivity contribution in [1.82, 2.24) is 9.78 Å². The van der Waals surface area contributed by atoms with E-state index in [-0.39, 0.29) is 0 Å². The van der Waals surface area contributed by atoms with E-state index in [4.69, 9.17) is 22.5 Å². The quantitative estimate of drug-likeness (QED) is 0.386. The highest BCUT2D eigenvalue weighted by Crippen LogP contribution is 2.29. The van der Waals surface area contributed by atoms with E-state index in [0.717, 1.165) is 4.68 Å². The molecule has 1 aromatic rings. The Balaban J connectivity index is 3.08. The molecule has 9 heteroatoms. The molecule has 3 N–H and O–H groups in total. The number of nitrogens with zero attached hydrogens (tertiary/aromatic N) is 3. The van der Waals surface area contributed by atoms with E-state index in [9.17, 15) is 13.2 Å². The van der Waals surface area contributed by atoms with Gasteiger partial charge in [0.1, 0.15) is 5.92 Å². The third-order valence-electron chi connectivity index (χ3n) is 2.52. The summed E-state index contributed by atoms with van der Waals surface area (Å²) in [5.74, 6) is -3.03. The van der Waals surface area contributed by atoms with Gasteiger partial charge < -0.3 is 10.9 Å². The van der Waals surface area contributed by atoms with E-state index in [1.807, 2.05) is 0 Å². The molecular weight excluding hydrogens is 273 g/mol. The molecule has 0 bridgehead atoms. The summed E-state index contributed by atoms with van der Waals surface area (Å²) in [7, 11) is 0. The first-order valence-corrected chi connectivity index (χ1v) is 5.30. The molecule has 0 aliphatic rings. The van der Waals surface area contributed by atoms with Crippen molar-refractivity contribution in [2.75, 3.05) is 0 Å². The molecule has 1 aromatic heterocycles. The monoisotopic (exact) mass is 284 g/mol. The summed E-state index contributed by atoms with van der Waals surface area (Å²) in [6.07, 6.45) is -4.63. The average Bonchev–Trinajstić information content (AvgIpc) is 2.51. The second-order valence-electron chi connectivity index (χ2n) is 3.79. The molecule has 1 atom stereocenters. The Morgan fingerprint density at radius 1 is 1.56 bits per heavy atom. The standard InChI is InChI=1S/C9H12ClF3N4O/c1-4-7(10)5(2)17(15-4)3-6(8(14)16-18)9(11,12)13/h6,18H,3H2,1-2H3,(H2,14,16). The maximum Gasteiger partial charge on any atom is 0.400 e. The lowest BCUT2D eigenvalue weighted by atomic mass is 10.1. The molecular formula is C9H12ClF3N4O. The number of oxime groups is 1. The molecule has 1 unspecified atom stereocenters. The Morgan fingerprint density at radius 3 is 2.44 bits per heavy atom. The Kier molecular flexibility index (Phi) is 4.10. The Hall–Kier alpha value is -1.44. The minimum absolute atomic E-state index is 0.301. The fourth-order valence-corrected chi connectivity index (χ4v) is 1.60. The number of aromatic nitrogens is 2. The lowest BCUT2D eigenvalue weighted by Crippen LogP contribution is -2.39. The number of alkyl halides is 3. The predicted octanol–water partition coefficient (Wildman–Crippen LogP) is 2.08. The molecule has 0 aromatic carbocycles. The van der Waals surface area contributed by atoms with Gasteiger partial charge in [-0.25, -0.2) is 0 Å². The van der Waals surface area contributed by atoms with Gasteiger partial charge in [0.25, 0.3) is 0 Å². The maximum atomic E-state index is 12.7. The summed E-state index contributed by atoms with van der Waals surface area (Å²) in [5.41, 5.74) is 5.87. The smallest absolute Gasteiger partial charge is 0.400 e. The van der Waals surface area contributed by atoms with Crippen LogP contribution in [0.2, 0.25) is 5.02 Å². The second-order valence-corrected chi connectivity index (χ2v) is 4.16. The van der Waals surface area contributed by atoms with Crippen molar-refractivity contribution in [3.8, 4) is 0 Å². The highest BCUT2D eigenvalue weighted by atomic mass is 35.5. The minimum atomic E-state index is -4.63. The van der Waals surface area contributed by atoms with Crippen LogP contribution in [0.1, 0.15) is 11.4 Å². The molecule has 0 radical (unpaired) electrons. The van der Waals surface area contributed by atoms with Crippen molar-refractivity contribution < 1.29 is 18.4 Å². The van der Waals surface area contributed by atoms with Crippen molar-refractivity contribution >= 4 is 17.4 Å². The van der Waals surface area contributed by atoms with Crippen LogP contribution in [-0.4, -0.2) is 27.0 Å². The minimum Gasteiger partial charge on any atom is -0.409 e. The average molecular weight is 285 g/mol. The highest BCUT2D eigenvalue weighted by Gasteiger charge is 2.43. The van der Waals surface area contributed by atoms with Gasteiger partial charge >= 0.3 is 6.18 Å². The molecule has 1 heterocycles. The number of hydrogen-bond donors (Lipinski definition) is 2. The molecule has 0 fully saturated rings. The van der Waals surface area contributed by atoms with Crippen LogP contribution in [0.3, 0.4) is 0 Å². The Labute approximate surface area is 106 Å². The van der Waals surface area contributed by atoms with E-state index >= 15 is 0 Å². The van der Waals surface area contributed by atoms with Crippen LogP contribution in [0.5, 0.6) is 0 Å². The lowest BCUT2D eigenvalue weighted by Gasteiger charge is -2.19. The van der Waals surface area contributed by atoms with Crippen LogP contribution in [0.25, 0.3) is 0 Å². The number of hydrogen-bond acceptors (Lipinski definition) is 3. The van der Waals surface area contributed by atoms with Gasteiger partial charge in [0.2, 0.25) is 0 Å². The third kappa shape index (κ3) is 2.87. The van der Waals surface area contributed by atoms with Gasteiger partial charge in [-0.15, -0.1) is 0 Å². The van der Waals surface area contributed by atoms with Crippen molar-refractivity contribution in [1.29, 1.82) is 0 Å². The summed E-state index contributed by atoms with van der Waals surface area (Å²) < 4.78 is 39.3. The third-order valence-corrected chi connectivity index (χ3v) is 3.06. The second kappa shape index (κ2) is 5.05. The normalized spacial score (nSPS) is 14.9. The molecule has 0 saturated heterocycles. The van der Waals surface area contributed by atoms with E-state index in [1.54, 1.807) is 13.8 Å². The van der Waals surface area contributed by atoms with Gasteiger partial charge in [-0.1, -0.05) is 16.8 Å². The highest BCUT2D eigenvalue weighted by molar-refractivity contribution is 6.31. The Bertz CT molecular complexity index is 469. The zero-order chi connectivity index (χ0) is 14.1. The van der Waals surface area contributed by atoms with E-state index in [1.165, 1.54) is 0 Å². The Morgan fingerprint density at radius 2 is 2.11 bits per heavy atom. The molecule has 0 aliphatic carbocycles. The first-order valence-electron chi connectivity index (χ1n) is 4.92. The van der Waals surface area contributed by atoms with Gasteiger partial charge in [0.15, 0.2) is 5.84 Å². The van der Waals surface area contributed by atoms with Gasteiger partial charge in [-0.2, -0.15) is 18.3 Å². The van der Waals surface area contributed by atoms with E-state index in [0.29, 0.717) is 16.4 Å². The van der Waals surface area contributed by atoms with E-state index < -0.39 is 24.5 Å². The summed E-state index contributed by atoms with van der Waals surface area (Å²) in [6, 6.07) is 0. The van der Waals surface area contributed by atoms with Gasteiger partial charge in [0.05, 0.1) is 23.0 Å². The van der Waals surface area contributed by atoms with Crippen molar-refractivity contribution in [2.24, 2.45) is 16.8 Å². The van der Waals surface area contributed by atoms with Crippen LogP contribution in [0.4, 0.5) is 13.2 Å². The van der Waals surface area contributed by atoms with E-state index in [2.05, 4.69) is 10.3 Å². The number of halogens is 4. The molecule has 0 spiro atoms. The largest absolute Gasteiger partial charge is 0.409 e. The number of rotatable bonds is 3. The fourth-order valence-electron chi connectivity index (χ4n) is 1.46. The first kappa shape index (κ1) is 14.6. The number of amidine groups is 1. The van der Waals surface area contributed by atoms with Crippen LogP contribution in [0, 0.1) is 19.8 Å². The molecule has 0 aliphatic heterocycles. The van der Waals surface area contributed by atoms with Gasteiger partial charge in [0, 0.05) is 0 Å². The summed E-state index contributed by atoms with van der Waals surface area (Å²) in [6.45, 7) is 2.54. The molecule has 5 nitrogen and oxygen atoms in total. The zero-order valence-corrected chi connectivity index (χ0v) is 10.4. The lowest BCUT2D eigenvalue weighted by molar-refractivity contribution is -0.159. The van der Waals surface area contributed by atoms with Crippen LogP contribution < -0.4 is 5.73 Å². The van der Waals surface area contributed by atoms with Crippen LogP contribution in [0.15, 0.2) is 5.16 Å². The number of nitrogens with two attached hydrogens (primary N) is 1.